The van der Waals surface area contributed by atoms with Crippen LogP contribution < -0.4 is 10.5 Å². The van der Waals surface area contributed by atoms with Crippen LogP contribution >= 0.6 is 0 Å². The molecule has 0 fully saturated rings. The number of hydrogen-bond donors (Lipinski definition) is 1. The Balaban J connectivity index is 2.41. The Kier molecular flexibility index (Phi) is 3.31. The zero-order valence-electron chi connectivity index (χ0n) is 9.96. The van der Waals surface area contributed by atoms with Crippen molar-refractivity contribution in [2.45, 2.75) is 20.0 Å². The maximum absolute atomic E-state index is 13.1. The van der Waals surface area contributed by atoms with Crippen molar-refractivity contribution in [3.8, 4) is 17.4 Å². The molecule has 0 radical (unpaired) electrons. The highest BCUT2D eigenvalue weighted by Crippen LogP contribution is 2.18. The first-order chi connectivity index (χ1) is 8.54. The fraction of sp³-hybridized carbons (Fsp3) is 0.273. The van der Waals surface area contributed by atoms with E-state index in [4.69, 9.17) is 10.5 Å². The number of nitrogens with two attached hydrogens (primary N) is 1. The number of ether oxygens (including phenoxy) is 1. The summed E-state index contributed by atoms with van der Waals surface area (Å²) >= 11 is 0. The molecule has 0 atom stereocenters. The molecule has 0 aromatic carbocycles. The van der Waals surface area contributed by atoms with Crippen molar-refractivity contribution in [3.63, 3.8) is 0 Å². The van der Waals surface area contributed by atoms with Gasteiger partial charge in [0.2, 0.25) is 5.95 Å². The molecule has 2 aromatic rings. The van der Waals surface area contributed by atoms with E-state index in [2.05, 4.69) is 19.9 Å². The van der Waals surface area contributed by atoms with Gasteiger partial charge in [-0.25, -0.2) is 4.39 Å². The Labute approximate surface area is 103 Å². The second-order valence-electron chi connectivity index (χ2n) is 3.86. The highest BCUT2D eigenvalue weighted by Gasteiger charge is 2.10. The van der Waals surface area contributed by atoms with Gasteiger partial charge in [0.05, 0.1) is 12.3 Å². The summed E-state index contributed by atoms with van der Waals surface area (Å²) in [5, 5.41) is 0. The number of halogens is 1. The van der Waals surface area contributed by atoms with Gasteiger partial charge in [-0.15, -0.1) is 0 Å². The summed E-state index contributed by atoms with van der Waals surface area (Å²) < 4.78 is 18.4. The van der Waals surface area contributed by atoms with Crippen LogP contribution in [-0.4, -0.2) is 26.0 Å². The normalized spacial score (nSPS) is 10.7. The van der Waals surface area contributed by atoms with Crippen LogP contribution in [0.25, 0.3) is 11.4 Å². The van der Waals surface area contributed by atoms with Gasteiger partial charge in [-0.1, -0.05) is 0 Å². The molecule has 2 aromatic heterocycles. The van der Waals surface area contributed by atoms with Gasteiger partial charge in [0.1, 0.15) is 5.82 Å². The van der Waals surface area contributed by atoms with E-state index in [1.54, 1.807) is 0 Å². The van der Waals surface area contributed by atoms with Crippen LogP contribution in [0.3, 0.4) is 0 Å². The quantitative estimate of drug-likeness (QED) is 0.885. The zero-order valence-corrected chi connectivity index (χ0v) is 9.96. The van der Waals surface area contributed by atoms with Crippen molar-refractivity contribution in [1.82, 2.24) is 19.9 Å². The van der Waals surface area contributed by atoms with Crippen LogP contribution in [0.1, 0.15) is 13.8 Å². The molecule has 2 rings (SSSR count). The Hall–Kier alpha value is -2.31. The highest BCUT2D eigenvalue weighted by atomic mass is 19.1. The summed E-state index contributed by atoms with van der Waals surface area (Å²) in [7, 11) is 0. The van der Waals surface area contributed by atoms with E-state index in [0.717, 1.165) is 6.20 Å². The molecule has 0 amide bonds. The van der Waals surface area contributed by atoms with E-state index in [-0.39, 0.29) is 23.9 Å². The Morgan fingerprint density at radius 3 is 2.67 bits per heavy atom. The smallest absolute Gasteiger partial charge is 0.322 e. The van der Waals surface area contributed by atoms with Crippen molar-refractivity contribution >= 4 is 5.95 Å². The summed E-state index contributed by atoms with van der Waals surface area (Å²) in [6.07, 6.45) is 2.45. The number of nitrogens with zero attached hydrogens (tertiary/aromatic N) is 4. The lowest BCUT2D eigenvalue weighted by Gasteiger charge is -2.08. The molecule has 0 bridgehead atoms. The van der Waals surface area contributed by atoms with Crippen LogP contribution in [0.5, 0.6) is 6.01 Å². The van der Waals surface area contributed by atoms with E-state index in [1.807, 2.05) is 13.8 Å². The minimum absolute atomic E-state index is 0.0138. The standard InChI is InChI=1S/C11H12FN5O/c1-6(2)18-11-16-9(15-10(13)17-11)7-3-8(12)5-14-4-7/h3-6H,1-2H3,(H2,13,15,16,17). The Bertz CT molecular complexity index is 561. The van der Waals surface area contributed by atoms with E-state index in [1.165, 1.54) is 12.3 Å². The minimum atomic E-state index is -0.474. The topological polar surface area (TPSA) is 86.8 Å². The Morgan fingerprint density at radius 1 is 1.22 bits per heavy atom. The molecule has 0 unspecified atom stereocenters. The maximum Gasteiger partial charge on any atom is 0.322 e. The molecular weight excluding hydrogens is 237 g/mol. The fourth-order valence-corrected chi connectivity index (χ4v) is 1.30. The van der Waals surface area contributed by atoms with Gasteiger partial charge in [-0.2, -0.15) is 15.0 Å². The summed E-state index contributed by atoms with van der Waals surface area (Å²) in [6.45, 7) is 3.67. The van der Waals surface area contributed by atoms with Gasteiger partial charge in [0.15, 0.2) is 5.82 Å². The summed E-state index contributed by atoms with van der Waals surface area (Å²) in [4.78, 5) is 15.5. The number of nitrogen functional groups attached to an aromatic ring is 1. The molecule has 7 heteroatoms. The lowest BCUT2D eigenvalue weighted by Crippen LogP contribution is -2.11. The van der Waals surface area contributed by atoms with Crippen molar-refractivity contribution < 1.29 is 9.13 Å². The monoisotopic (exact) mass is 249 g/mol. The lowest BCUT2D eigenvalue weighted by molar-refractivity contribution is 0.222. The molecule has 0 saturated heterocycles. The first-order valence-corrected chi connectivity index (χ1v) is 5.33. The largest absolute Gasteiger partial charge is 0.461 e. The number of anilines is 1. The zero-order chi connectivity index (χ0) is 13.1. The van der Waals surface area contributed by atoms with Crippen LogP contribution in [0.2, 0.25) is 0 Å². The molecule has 2 heterocycles. The predicted molar refractivity (Wildman–Crippen MR) is 63.2 cm³/mol. The summed E-state index contributed by atoms with van der Waals surface area (Å²) in [6, 6.07) is 1.37. The van der Waals surface area contributed by atoms with Gasteiger partial charge >= 0.3 is 6.01 Å². The molecule has 94 valence electrons. The summed E-state index contributed by atoms with van der Waals surface area (Å²) in [5.74, 6) is -0.233. The fourth-order valence-electron chi connectivity index (χ4n) is 1.30. The lowest BCUT2D eigenvalue weighted by atomic mass is 10.2. The highest BCUT2D eigenvalue weighted by molar-refractivity contribution is 5.54. The van der Waals surface area contributed by atoms with Crippen LogP contribution in [-0.2, 0) is 0 Å². The molecule has 18 heavy (non-hydrogen) atoms. The van der Waals surface area contributed by atoms with E-state index >= 15 is 0 Å². The molecule has 0 spiro atoms. The van der Waals surface area contributed by atoms with E-state index in [9.17, 15) is 4.39 Å². The van der Waals surface area contributed by atoms with Gasteiger partial charge in [-0.05, 0) is 19.9 Å². The van der Waals surface area contributed by atoms with Gasteiger partial charge in [-0.3, -0.25) is 4.98 Å². The van der Waals surface area contributed by atoms with E-state index < -0.39 is 5.82 Å². The average Bonchev–Trinajstić information content (AvgIpc) is 2.27. The number of rotatable bonds is 3. The third kappa shape index (κ3) is 2.88. The second kappa shape index (κ2) is 4.91. The van der Waals surface area contributed by atoms with Crippen molar-refractivity contribution in [2.75, 3.05) is 5.73 Å². The first-order valence-electron chi connectivity index (χ1n) is 5.33. The number of hydrogen-bond acceptors (Lipinski definition) is 6. The average molecular weight is 249 g/mol. The molecular formula is C11H12FN5O. The summed E-state index contributed by atoms with van der Waals surface area (Å²) in [5.41, 5.74) is 5.97. The predicted octanol–water partition coefficient (Wildman–Crippen LogP) is 1.44. The van der Waals surface area contributed by atoms with Crippen molar-refractivity contribution in [1.29, 1.82) is 0 Å². The third-order valence-electron chi connectivity index (χ3n) is 1.94. The number of aromatic nitrogens is 4. The van der Waals surface area contributed by atoms with Crippen LogP contribution in [0, 0.1) is 5.82 Å². The first kappa shape index (κ1) is 12.2. The third-order valence-corrected chi connectivity index (χ3v) is 1.94. The molecule has 0 aliphatic carbocycles. The molecule has 0 aliphatic rings. The van der Waals surface area contributed by atoms with Crippen LogP contribution in [0.4, 0.5) is 10.3 Å². The van der Waals surface area contributed by atoms with Crippen molar-refractivity contribution in [3.05, 3.63) is 24.3 Å². The van der Waals surface area contributed by atoms with Gasteiger partial charge in [0.25, 0.3) is 0 Å². The molecule has 0 saturated carbocycles. The van der Waals surface area contributed by atoms with Gasteiger partial charge < -0.3 is 10.5 Å². The van der Waals surface area contributed by atoms with Crippen LogP contribution in [0.15, 0.2) is 18.5 Å². The minimum Gasteiger partial charge on any atom is -0.461 e. The second-order valence-corrected chi connectivity index (χ2v) is 3.86. The van der Waals surface area contributed by atoms with Gasteiger partial charge in [0, 0.05) is 11.8 Å². The molecule has 2 N–H and O–H groups in total. The van der Waals surface area contributed by atoms with Crippen molar-refractivity contribution in [2.24, 2.45) is 0 Å². The SMILES string of the molecule is CC(C)Oc1nc(N)nc(-c2cncc(F)c2)n1. The van der Waals surface area contributed by atoms with E-state index in [0.29, 0.717) is 5.56 Å². The molecule has 6 nitrogen and oxygen atoms in total. The number of pyridine rings is 1. The Morgan fingerprint density at radius 2 is 2.00 bits per heavy atom. The molecule has 0 aliphatic heterocycles. The maximum atomic E-state index is 13.1.